The van der Waals surface area contributed by atoms with Crippen molar-refractivity contribution in [2.75, 3.05) is 7.05 Å². The van der Waals surface area contributed by atoms with E-state index in [1.54, 1.807) is 17.4 Å². The smallest absolute Gasteiger partial charge is 0.131 e. The Hall–Kier alpha value is -1.78. The highest BCUT2D eigenvalue weighted by Crippen LogP contribution is 2.29. The van der Waals surface area contributed by atoms with E-state index < -0.39 is 0 Å². The molecule has 108 valence electrons. The Morgan fingerprint density at radius 2 is 1.95 bits per heavy atom. The zero-order chi connectivity index (χ0) is 14.8. The number of nitrogens with zero attached hydrogens (tertiary/aromatic N) is 1. The molecule has 3 aromatic rings. The summed E-state index contributed by atoms with van der Waals surface area (Å²) >= 11 is 1.67. The molecule has 0 fully saturated rings. The molecule has 4 heteroatoms. The third-order valence-electron chi connectivity index (χ3n) is 3.67. The summed E-state index contributed by atoms with van der Waals surface area (Å²) in [5.41, 5.74) is 2.16. The summed E-state index contributed by atoms with van der Waals surface area (Å²) in [4.78, 5) is 4.53. The fraction of sp³-hybridized carbons (Fsp3) is 0.235. The van der Waals surface area contributed by atoms with Gasteiger partial charge in [0.05, 0.1) is 5.01 Å². The van der Waals surface area contributed by atoms with Crippen molar-refractivity contribution in [2.45, 2.75) is 19.4 Å². The highest BCUT2D eigenvalue weighted by molar-refractivity contribution is 7.09. The third kappa shape index (κ3) is 2.82. The topological polar surface area (TPSA) is 24.9 Å². The van der Waals surface area contributed by atoms with Crippen molar-refractivity contribution < 1.29 is 4.39 Å². The highest BCUT2D eigenvalue weighted by Gasteiger charge is 2.16. The molecule has 0 amide bonds. The summed E-state index contributed by atoms with van der Waals surface area (Å²) in [6.07, 6.45) is 0.810. The molecule has 1 aromatic heterocycles. The van der Waals surface area contributed by atoms with Gasteiger partial charge in [-0.15, -0.1) is 11.3 Å². The van der Waals surface area contributed by atoms with Crippen molar-refractivity contribution >= 4 is 22.1 Å². The molecule has 2 nitrogen and oxygen atoms in total. The van der Waals surface area contributed by atoms with Crippen LogP contribution in [-0.4, -0.2) is 12.0 Å². The average molecular weight is 300 g/mol. The molecular formula is C17H17FN2S. The van der Waals surface area contributed by atoms with Crippen LogP contribution in [0.2, 0.25) is 0 Å². The predicted octanol–water partition coefficient (Wildman–Crippen LogP) is 4.25. The lowest BCUT2D eigenvalue weighted by Gasteiger charge is -2.18. The first-order chi connectivity index (χ1) is 10.2. The van der Waals surface area contributed by atoms with Gasteiger partial charge >= 0.3 is 0 Å². The molecule has 0 saturated heterocycles. The molecule has 0 bridgehead atoms. The summed E-state index contributed by atoms with van der Waals surface area (Å²) < 4.78 is 13.9. The zero-order valence-corrected chi connectivity index (χ0v) is 12.9. The Morgan fingerprint density at radius 1 is 1.19 bits per heavy atom. The normalized spacial score (nSPS) is 12.7. The van der Waals surface area contributed by atoms with E-state index in [-0.39, 0.29) is 11.9 Å². The molecule has 1 atom stereocenters. The van der Waals surface area contributed by atoms with E-state index in [4.69, 9.17) is 0 Å². The van der Waals surface area contributed by atoms with Gasteiger partial charge in [-0.25, -0.2) is 9.37 Å². The summed E-state index contributed by atoms with van der Waals surface area (Å²) in [7, 11) is 1.93. The number of likely N-dealkylation sites (N-methyl/N-ethyl adjacent to an activating group) is 1. The number of benzene rings is 2. The van der Waals surface area contributed by atoms with Crippen LogP contribution in [0.1, 0.15) is 22.3 Å². The van der Waals surface area contributed by atoms with Crippen LogP contribution in [0, 0.1) is 12.7 Å². The van der Waals surface area contributed by atoms with Gasteiger partial charge in [-0.3, -0.25) is 0 Å². The standard InChI is InChI=1S/C17H17FN2S/c1-11-10-21-17(20-11)9-16(19-2)14-7-8-15(18)13-6-4-3-5-12(13)14/h3-8,10,16,19H,9H2,1-2H3. The second-order valence-electron chi connectivity index (χ2n) is 5.11. The second-order valence-corrected chi connectivity index (χ2v) is 6.05. The van der Waals surface area contributed by atoms with Crippen LogP contribution in [0.4, 0.5) is 4.39 Å². The van der Waals surface area contributed by atoms with Crippen molar-refractivity contribution in [3.63, 3.8) is 0 Å². The number of aryl methyl sites for hydroxylation is 1. The largest absolute Gasteiger partial charge is 0.313 e. The van der Waals surface area contributed by atoms with Crippen molar-refractivity contribution in [1.82, 2.24) is 10.3 Å². The summed E-state index contributed by atoms with van der Waals surface area (Å²) in [6, 6.07) is 11.2. The number of hydrogen-bond donors (Lipinski definition) is 1. The maximum Gasteiger partial charge on any atom is 0.131 e. The van der Waals surface area contributed by atoms with E-state index in [0.29, 0.717) is 5.39 Å². The second kappa shape index (κ2) is 5.92. The maximum atomic E-state index is 13.9. The Bertz CT molecular complexity index is 766. The molecule has 0 saturated carbocycles. The van der Waals surface area contributed by atoms with Gasteiger partial charge in [-0.2, -0.15) is 0 Å². The van der Waals surface area contributed by atoms with Gasteiger partial charge in [0, 0.05) is 28.9 Å². The Morgan fingerprint density at radius 3 is 2.62 bits per heavy atom. The molecule has 1 unspecified atom stereocenters. The number of halogens is 1. The molecule has 0 spiro atoms. The van der Waals surface area contributed by atoms with Crippen molar-refractivity contribution in [3.05, 3.63) is 63.9 Å². The van der Waals surface area contributed by atoms with Crippen molar-refractivity contribution in [1.29, 1.82) is 0 Å². The van der Waals surface area contributed by atoms with Crippen LogP contribution >= 0.6 is 11.3 Å². The predicted molar refractivity (Wildman–Crippen MR) is 86.3 cm³/mol. The van der Waals surface area contributed by atoms with Crippen LogP contribution in [0.3, 0.4) is 0 Å². The lowest BCUT2D eigenvalue weighted by molar-refractivity contribution is 0.591. The first-order valence-corrected chi connectivity index (χ1v) is 7.82. The van der Waals surface area contributed by atoms with Crippen LogP contribution in [0.15, 0.2) is 41.8 Å². The molecule has 1 N–H and O–H groups in total. The van der Waals surface area contributed by atoms with Crippen LogP contribution < -0.4 is 5.32 Å². The number of fused-ring (bicyclic) bond motifs is 1. The van der Waals surface area contributed by atoms with Crippen LogP contribution in [-0.2, 0) is 6.42 Å². The molecule has 2 aromatic carbocycles. The van der Waals surface area contributed by atoms with Gasteiger partial charge in [-0.05, 0) is 31.0 Å². The van der Waals surface area contributed by atoms with E-state index in [9.17, 15) is 4.39 Å². The monoisotopic (exact) mass is 300 g/mol. The Balaban J connectivity index is 2.03. The summed E-state index contributed by atoms with van der Waals surface area (Å²) in [5.74, 6) is -0.172. The van der Waals surface area contributed by atoms with E-state index >= 15 is 0 Å². The number of hydrogen-bond acceptors (Lipinski definition) is 3. The number of aromatic nitrogens is 1. The zero-order valence-electron chi connectivity index (χ0n) is 12.1. The van der Waals surface area contributed by atoms with Gasteiger partial charge in [-0.1, -0.05) is 30.3 Å². The molecule has 1 heterocycles. The minimum atomic E-state index is -0.172. The molecule has 21 heavy (non-hydrogen) atoms. The maximum absolute atomic E-state index is 13.9. The first-order valence-electron chi connectivity index (χ1n) is 6.94. The highest BCUT2D eigenvalue weighted by atomic mass is 32.1. The fourth-order valence-corrected chi connectivity index (χ4v) is 3.45. The first kappa shape index (κ1) is 14.2. The quantitative estimate of drug-likeness (QED) is 0.779. The van der Waals surface area contributed by atoms with Gasteiger partial charge in [0.2, 0.25) is 0 Å². The van der Waals surface area contributed by atoms with E-state index in [1.165, 1.54) is 0 Å². The lowest BCUT2D eigenvalue weighted by atomic mass is 9.96. The Labute approximate surface area is 127 Å². The number of nitrogens with one attached hydrogen (secondary N) is 1. The van der Waals surface area contributed by atoms with Gasteiger partial charge in [0.1, 0.15) is 5.82 Å². The molecule has 0 aliphatic carbocycles. The van der Waals surface area contributed by atoms with Crippen molar-refractivity contribution in [3.8, 4) is 0 Å². The lowest BCUT2D eigenvalue weighted by Crippen LogP contribution is -2.19. The Kier molecular flexibility index (Phi) is 3.99. The molecule has 0 aliphatic rings. The third-order valence-corrected chi connectivity index (χ3v) is 4.66. The van der Waals surface area contributed by atoms with Crippen LogP contribution in [0.5, 0.6) is 0 Å². The van der Waals surface area contributed by atoms with Gasteiger partial charge < -0.3 is 5.32 Å². The summed E-state index contributed by atoms with van der Waals surface area (Å²) in [5, 5.41) is 8.12. The number of rotatable bonds is 4. The molecule has 3 rings (SSSR count). The van der Waals surface area contributed by atoms with Crippen molar-refractivity contribution in [2.24, 2.45) is 0 Å². The molecule has 0 aliphatic heterocycles. The van der Waals surface area contributed by atoms with E-state index in [0.717, 1.165) is 28.1 Å². The van der Waals surface area contributed by atoms with E-state index in [2.05, 4.69) is 15.7 Å². The van der Waals surface area contributed by atoms with Gasteiger partial charge in [0.25, 0.3) is 0 Å². The molecule has 0 radical (unpaired) electrons. The minimum Gasteiger partial charge on any atom is -0.313 e. The minimum absolute atomic E-state index is 0.126. The summed E-state index contributed by atoms with van der Waals surface area (Å²) in [6.45, 7) is 2.00. The van der Waals surface area contributed by atoms with E-state index in [1.807, 2.05) is 44.3 Å². The van der Waals surface area contributed by atoms with Crippen LogP contribution in [0.25, 0.3) is 10.8 Å². The SMILES string of the molecule is CNC(Cc1nc(C)cs1)c1ccc(F)c2ccccc12. The number of thiazole rings is 1. The fourth-order valence-electron chi connectivity index (χ4n) is 2.63. The molecular weight excluding hydrogens is 283 g/mol. The van der Waals surface area contributed by atoms with Gasteiger partial charge in [0.15, 0.2) is 0 Å². The average Bonchev–Trinajstić information content (AvgIpc) is 2.91.